The van der Waals surface area contributed by atoms with Crippen molar-refractivity contribution in [1.82, 2.24) is 9.72 Å². The van der Waals surface area contributed by atoms with Crippen LogP contribution in [0.5, 0.6) is 0 Å². The van der Waals surface area contributed by atoms with Crippen LogP contribution in [0.1, 0.15) is 36.6 Å². The lowest BCUT2D eigenvalue weighted by atomic mass is 10.2. The molecular formula is C15H18N2O3. The van der Waals surface area contributed by atoms with Crippen molar-refractivity contribution in [2.24, 2.45) is 0 Å². The Kier molecular flexibility index (Phi) is 3.97. The van der Waals surface area contributed by atoms with Gasteiger partial charge in [-0.25, -0.2) is 4.79 Å². The largest absolute Gasteiger partial charge is 0.441 e. The molecule has 106 valence electrons. The van der Waals surface area contributed by atoms with E-state index in [4.69, 9.17) is 9.26 Å². The Bertz CT molecular complexity index is 599. The normalized spacial score (nSPS) is 14.6. The molecular weight excluding hydrogens is 256 g/mol. The summed E-state index contributed by atoms with van der Waals surface area (Å²) in [6.45, 7) is 1.84. The van der Waals surface area contributed by atoms with E-state index in [2.05, 4.69) is 5.16 Å². The van der Waals surface area contributed by atoms with Gasteiger partial charge in [0.1, 0.15) is 0 Å². The van der Waals surface area contributed by atoms with Crippen molar-refractivity contribution in [3.63, 3.8) is 0 Å². The minimum absolute atomic E-state index is 0.352. The third-order valence-corrected chi connectivity index (χ3v) is 3.44. The Balaban J connectivity index is 1.44. The molecule has 0 atom stereocenters. The molecule has 0 saturated heterocycles. The summed E-state index contributed by atoms with van der Waals surface area (Å²) < 4.78 is 12.0. The van der Waals surface area contributed by atoms with Crippen LogP contribution in [0, 0.1) is 0 Å². The first-order valence-electron chi connectivity index (χ1n) is 7.02. The predicted molar refractivity (Wildman–Crippen MR) is 73.5 cm³/mol. The molecule has 1 aliphatic carbocycles. The highest BCUT2D eigenvalue weighted by Gasteiger charge is 2.30. The fraction of sp³-hybridized carbons (Fsp3) is 0.467. The lowest BCUT2D eigenvalue weighted by Gasteiger charge is -2.05. The number of hydrogen-bond donors (Lipinski definition) is 0. The Labute approximate surface area is 117 Å². The maximum atomic E-state index is 11.6. The number of nitrogens with zero attached hydrogens (tertiary/aromatic N) is 2. The van der Waals surface area contributed by atoms with E-state index in [9.17, 15) is 4.79 Å². The van der Waals surface area contributed by atoms with Crippen molar-refractivity contribution in [1.29, 1.82) is 0 Å². The Morgan fingerprint density at radius 1 is 1.30 bits per heavy atom. The Hall–Kier alpha value is -1.88. The van der Waals surface area contributed by atoms with Gasteiger partial charge in [0.2, 0.25) is 0 Å². The topological polar surface area (TPSA) is 57.3 Å². The van der Waals surface area contributed by atoms with Crippen LogP contribution in [0.2, 0.25) is 0 Å². The van der Waals surface area contributed by atoms with Crippen LogP contribution in [-0.2, 0) is 17.9 Å². The zero-order chi connectivity index (χ0) is 13.8. The van der Waals surface area contributed by atoms with E-state index in [1.54, 1.807) is 4.57 Å². The Morgan fingerprint density at radius 2 is 2.10 bits per heavy atom. The second-order valence-corrected chi connectivity index (χ2v) is 5.12. The van der Waals surface area contributed by atoms with Gasteiger partial charge in [-0.2, -0.15) is 0 Å². The molecule has 0 unspecified atom stereocenters. The molecule has 20 heavy (non-hydrogen) atoms. The lowest BCUT2D eigenvalue weighted by Crippen LogP contribution is -2.18. The summed E-state index contributed by atoms with van der Waals surface area (Å²) in [7, 11) is 0. The molecule has 2 aromatic rings. The first kappa shape index (κ1) is 13.1. The SMILES string of the molecule is O=c1onc(C2CC2)n1CCCOCc1ccccc1. The molecule has 1 aromatic carbocycles. The lowest BCUT2D eigenvalue weighted by molar-refractivity contribution is 0.115. The van der Waals surface area contributed by atoms with Crippen molar-refractivity contribution < 1.29 is 9.26 Å². The summed E-state index contributed by atoms with van der Waals surface area (Å²) in [6.07, 6.45) is 3.00. The van der Waals surface area contributed by atoms with Gasteiger partial charge in [0, 0.05) is 19.1 Å². The average molecular weight is 274 g/mol. The van der Waals surface area contributed by atoms with E-state index in [1.807, 2.05) is 30.3 Å². The monoisotopic (exact) mass is 274 g/mol. The van der Waals surface area contributed by atoms with E-state index in [1.165, 1.54) is 0 Å². The van der Waals surface area contributed by atoms with Gasteiger partial charge in [-0.1, -0.05) is 35.5 Å². The van der Waals surface area contributed by atoms with Crippen molar-refractivity contribution in [2.45, 2.75) is 38.3 Å². The quantitative estimate of drug-likeness (QED) is 0.727. The maximum absolute atomic E-state index is 11.6. The molecule has 0 amide bonds. The summed E-state index contributed by atoms with van der Waals surface area (Å²) in [6, 6.07) is 10.1. The third kappa shape index (κ3) is 3.17. The summed E-state index contributed by atoms with van der Waals surface area (Å²) in [5.41, 5.74) is 1.16. The zero-order valence-corrected chi connectivity index (χ0v) is 11.3. The molecule has 1 aromatic heterocycles. The molecule has 0 N–H and O–H groups in total. The second-order valence-electron chi connectivity index (χ2n) is 5.12. The van der Waals surface area contributed by atoms with Gasteiger partial charge < -0.3 is 4.74 Å². The molecule has 1 saturated carbocycles. The standard InChI is InChI=1S/C15H18N2O3/c18-15-17(14(16-20-15)13-7-8-13)9-4-10-19-11-12-5-2-1-3-6-12/h1-3,5-6,13H,4,7-11H2. The summed E-state index contributed by atoms with van der Waals surface area (Å²) in [5, 5.41) is 3.86. The Morgan fingerprint density at radius 3 is 2.85 bits per heavy atom. The van der Waals surface area contributed by atoms with Crippen LogP contribution in [0.25, 0.3) is 0 Å². The van der Waals surface area contributed by atoms with Crippen molar-refractivity contribution in [3.05, 3.63) is 52.3 Å². The fourth-order valence-electron chi connectivity index (χ4n) is 2.21. The van der Waals surface area contributed by atoms with E-state index < -0.39 is 0 Å². The second kappa shape index (κ2) is 6.05. The van der Waals surface area contributed by atoms with Crippen LogP contribution in [-0.4, -0.2) is 16.3 Å². The first-order chi connectivity index (χ1) is 9.84. The van der Waals surface area contributed by atoms with Gasteiger partial charge >= 0.3 is 5.76 Å². The van der Waals surface area contributed by atoms with Crippen LogP contribution in [0.4, 0.5) is 0 Å². The first-order valence-corrected chi connectivity index (χ1v) is 7.02. The smallest absolute Gasteiger partial charge is 0.377 e. The van der Waals surface area contributed by atoms with Gasteiger partial charge in [-0.05, 0) is 24.8 Å². The van der Waals surface area contributed by atoms with Crippen LogP contribution in [0.3, 0.4) is 0 Å². The molecule has 0 radical (unpaired) electrons. The minimum Gasteiger partial charge on any atom is -0.377 e. The van der Waals surface area contributed by atoms with Crippen LogP contribution in [0.15, 0.2) is 39.6 Å². The molecule has 1 aliphatic rings. The van der Waals surface area contributed by atoms with Crippen molar-refractivity contribution in [2.75, 3.05) is 6.61 Å². The molecule has 1 heterocycles. The number of aromatic nitrogens is 2. The highest BCUT2D eigenvalue weighted by molar-refractivity contribution is 5.13. The van der Waals surface area contributed by atoms with Gasteiger partial charge in [0.15, 0.2) is 5.82 Å². The number of benzene rings is 1. The summed E-state index contributed by atoms with van der Waals surface area (Å²) in [5.74, 6) is 0.875. The number of ether oxygens (including phenoxy) is 1. The maximum Gasteiger partial charge on any atom is 0.441 e. The molecule has 1 fully saturated rings. The summed E-state index contributed by atoms with van der Waals surface area (Å²) >= 11 is 0. The predicted octanol–water partition coefficient (Wildman–Crippen LogP) is 2.32. The van der Waals surface area contributed by atoms with E-state index in [-0.39, 0.29) is 5.76 Å². The van der Waals surface area contributed by atoms with Crippen LogP contribution < -0.4 is 5.76 Å². The highest BCUT2D eigenvalue weighted by atomic mass is 16.5. The van der Waals surface area contributed by atoms with Crippen molar-refractivity contribution >= 4 is 0 Å². The number of hydrogen-bond acceptors (Lipinski definition) is 4. The summed E-state index contributed by atoms with van der Waals surface area (Å²) in [4.78, 5) is 11.6. The molecule has 3 rings (SSSR count). The van der Waals surface area contributed by atoms with Crippen molar-refractivity contribution in [3.8, 4) is 0 Å². The minimum atomic E-state index is -0.352. The van der Waals surface area contributed by atoms with Crippen LogP contribution >= 0.6 is 0 Å². The van der Waals surface area contributed by atoms with Gasteiger partial charge in [-0.3, -0.25) is 9.09 Å². The average Bonchev–Trinajstić information content (AvgIpc) is 3.25. The molecule has 0 aliphatic heterocycles. The van der Waals surface area contributed by atoms with Gasteiger partial charge in [0.25, 0.3) is 0 Å². The van der Waals surface area contributed by atoms with Gasteiger partial charge in [0.05, 0.1) is 6.61 Å². The zero-order valence-electron chi connectivity index (χ0n) is 11.3. The number of rotatable bonds is 7. The molecule has 5 heteroatoms. The van der Waals surface area contributed by atoms with Gasteiger partial charge in [-0.15, -0.1) is 0 Å². The molecule has 0 bridgehead atoms. The fourth-order valence-corrected chi connectivity index (χ4v) is 2.21. The van der Waals surface area contributed by atoms with E-state index >= 15 is 0 Å². The van der Waals surface area contributed by atoms with E-state index in [0.717, 1.165) is 30.7 Å². The highest BCUT2D eigenvalue weighted by Crippen LogP contribution is 2.38. The van der Waals surface area contributed by atoms with E-state index in [0.29, 0.717) is 25.7 Å². The molecule has 5 nitrogen and oxygen atoms in total. The molecule has 0 spiro atoms. The third-order valence-electron chi connectivity index (χ3n) is 3.44.